The van der Waals surface area contributed by atoms with E-state index in [9.17, 15) is 0 Å². The topological polar surface area (TPSA) is 24.5 Å². The lowest BCUT2D eigenvalue weighted by atomic mass is 9.82. The molecule has 3 rings (SSSR count). The second kappa shape index (κ2) is 6.97. The molecule has 0 spiro atoms. The van der Waals surface area contributed by atoms with Gasteiger partial charge in [0.25, 0.3) is 0 Å². The van der Waals surface area contributed by atoms with E-state index in [4.69, 9.17) is 4.74 Å². The predicted octanol–water partition coefficient (Wildman–Crippen LogP) is 3.19. The molecule has 1 aliphatic heterocycles. The fraction of sp³-hybridized carbons (Fsp3) is 1.00. The van der Waals surface area contributed by atoms with Crippen LogP contribution in [0.5, 0.6) is 0 Å². The zero-order chi connectivity index (χ0) is 14.7. The van der Waals surface area contributed by atoms with Gasteiger partial charge in [-0.1, -0.05) is 33.1 Å². The summed E-state index contributed by atoms with van der Waals surface area (Å²) in [5.74, 6) is 0. The van der Waals surface area contributed by atoms with Crippen LogP contribution in [-0.4, -0.2) is 49.3 Å². The van der Waals surface area contributed by atoms with Crippen molar-refractivity contribution in [2.75, 3.05) is 26.2 Å². The quantitative estimate of drug-likeness (QED) is 0.780. The third-order valence-corrected chi connectivity index (χ3v) is 5.68. The van der Waals surface area contributed by atoms with Crippen LogP contribution in [0.4, 0.5) is 0 Å². The summed E-state index contributed by atoms with van der Waals surface area (Å²) in [5, 5.41) is 3.79. The highest BCUT2D eigenvalue weighted by Gasteiger charge is 2.38. The van der Waals surface area contributed by atoms with E-state index in [1.54, 1.807) is 0 Å². The average Bonchev–Trinajstić information content (AvgIpc) is 3.30. The molecule has 3 nitrogen and oxygen atoms in total. The second-order valence-electron chi connectivity index (χ2n) is 7.95. The van der Waals surface area contributed by atoms with Gasteiger partial charge in [-0.2, -0.15) is 0 Å². The zero-order valence-electron chi connectivity index (χ0n) is 14.1. The van der Waals surface area contributed by atoms with E-state index >= 15 is 0 Å². The number of nitrogens with zero attached hydrogens (tertiary/aromatic N) is 1. The minimum absolute atomic E-state index is 0.427. The summed E-state index contributed by atoms with van der Waals surface area (Å²) in [6.45, 7) is 9.37. The Morgan fingerprint density at radius 1 is 1.19 bits per heavy atom. The molecule has 0 aromatic heterocycles. The Kier molecular flexibility index (Phi) is 5.23. The normalized spacial score (nSPS) is 33.4. The smallest absolute Gasteiger partial charge is 0.0730 e. The van der Waals surface area contributed by atoms with Crippen LogP contribution >= 0.6 is 0 Å². The molecule has 3 aliphatic rings. The van der Waals surface area contributed by atoms with E-state index < -0.39 is 0 Å². The zero-order valence-corrected chi connectivity index (χ0v) is 14.1. The van der Waals surface area contributed by atoms with Crippen LogP contribution in [0.1, 0.15) is 65.2 Å². The fourth-order valence-electron chi connectivity index (χ4n) is 4.37. The van der Waals surface area contributed by atoms with Gasteiger partial charge in [-0.3, -0.25) is 4.90 Å². The van der Waals surface area contributed by atoms with Crippen molar-refractivity contribution in [1.29, 1.82) is 0 Å². The largest absolute Gasteiger partial charge is 0.375 e. The molecule has 2 aliphatic carbocycles. The van der Waals surface area contributed by atoms with Crippen LogP contribution in [0.3, 0.4) is 0 Å². The number of rotatable bonds is 7. The maximum atomic E-state index is 6.04. The summed E-state index contributed by atoms with van der Waals surface area (Å²) in [6, 6.07) is 1.53. The van der Waals surface area contributed by atoms with Crippen LogP contribution in [0.25, 0.3) is 0 Å². The molecule has 1 saturated heterocycles. The van der Waals surface area contributed by atoms with Gasteiger partial charge in [-0.15, -0.1) is 0 Å². The molecule has 0 radical (unpaired) electrons. The Balaban J connectivity index is 1.59. The Bertz CT molecular complexity index is 329. The SMILES string of the molecule is CCCC(C)(CNC1CC1)CN1CCOC2CCCCC21. The highest BCUT2D eigenvalue weighted by Crippen LogP contribution is 2.33. The molecule has 3 atom stereocenters. The molecule has 0 aromatic rings. The summed E-state index contributed by atoms with van der Waals surface area (Å²) >= 11 is 0. The summed E-state index contributed by atoms with van der Waals surface area (Å²) in [7, 11) is 0. The molecule has 3 unspecified atom stereocenters. The van der Waals surface area contributed by atoms with Gasteiger partial charge in [0, 0.05) is 31.7 Å². The van der Waals surface area contributed by atoms with E-state index in [1.807, 2.05) is 0 Å². The monoisotopic (exact) mass is 294 g/mol. The van der Waals surface area contributed by atoms with Crippen molar-refractivity contribution >= 4 is 0 Å². The van der Waals surface area contributed by atoms with E-state index in [0.29, 0.717) is 17.6 Å². The van der Waals surface area contributed by atoms with Gasteiger partial charge in [0.05, 0.1) is 12.7 Å². The van der Waals surface area contributed by atoms with Crippen molar-refractivity contribution < 1.29 is 4.74 Å². The first-order valence-corrected chi connectivity index (χ1v) is 9.29. The molecule has 1 N–H and O–H groups in total. The van der Waals surface area contributed by atoms with Gasteiger partial charge in [0.1, 0.15) is 0 Å². The van der Waals surface area contributed by atoms with Crippen molar-refractivity contribution in [3.8, 4) is 0 Å². The molecular formula is C18H34N2O. The molecule has 0 amide bonds. The van der Waals surface area contributed by atoms with Gasteiger partial charge in [-0.05, 0) is 37.5 Å². The van der Waals surface area contributed by atoms with E-state index in [2.05, 4.69) is 24.1 Å². The predicted molar refractivity (Wildman–Crippen MR) is 87.6 cm³/mol. The van der Waals surface area contributed by atoms with Crippen LogP contribution in [-0.2, 0) is 4.74 Å². The fourth-order valence-corrected chi connectivity index (χ4v) is 4.37. The van der Waals surface area contributed by atoms with Crippen LogP contribution in [0.15, 0.2) is 0 Å². The summed E-state index contributed by atoms with van der Waals surface area (Å²) in [5.41, 5.74) is 0.427. The number of hydrogen-bond donors (Lipinski definition) is 1. The molecule has 0 aromatic carbocycles. The summed E-state index contributed by atoms with van der Waals surface area (Å²) in [4.78, 5) is 2.78. The maximum absolute atomic E-state index is 6.04. The van der Waals surface area contributed by atoms with Gasteiger partial charge in [0.2, 0.25) is 0 Å². The average molecular weight is 294 g/mol. The van der Waals surface area contributed by atoms with Crippen molar-refractivity contribution in [1.82, 2.24) is 10.2 Å². The first kappa shape index (κ1) is 15.8. The number of hydrogen-bond acceptors (Lipinski definition) is 3. The lowest BCUT2D eigenvalue weighted by Crippen LogP contribution is -2.56. The maximum Gasteiger partial charge on any atom is 0.0730 e. The second-order valence-corrected chi connectivity index (χ2v) is 7.95. The first-order chi connectivity index (χ1) is 10.2. The standard InChI is InChI=1S/C18H34N2O/c1-3-10-18(2,13-19-15-8-9-15)14-20-11-12-21-17-7-5-4-6-16(17)20/h15-17,19H,3-14H2,1-2H3. The number of morpholine rings is 1. The number of ether oxygens (including phenoxy) is 1. The first-order valence-electron chi connectivity index (χ1n) is 9.29. The van der Waals surface area contributed by atoms with E-state index in [1.165, 1.54) is 64.5 Å². The van der Waals surface area contributed by atoms with Gasteiger partial charge in [-0.25, -0.2) is 0 Å². The summed E-state index contributed by atoms with van der Waals surface area (Å²) < 4.78 is 6.04. The van der Waals surface area contributed by atoms with Gasteiger partial charge < -0.3 is 10.1 Å². The lowest BCUT2D eigenvalue weighted by Gasteiger charge is -2.47. The Hall–Kier alpha value is -0.120. The molecule has 3 fully saturated rings. The lowest BCUT2D eigenvalue weighted by molar-refractivity contribution is -0.0982. The third kappa shape index (κ3) is 4.20. The minimum Gasteiger partial charge on any atom is -0.375 e. The van der Waals surface area contributed by atoms with Crippen molar-refractivity contribution in [3.05, 3.63) is 0 Å². The van der Waals surface area contributed by atoms with E-state index in [0.717, 1.165) is 19.2 Å². The molecule has 0 bridgehead atoms. The Morgan fingerprint density at radius 2 is 2.00 bits per heavy atom. The van der Waals surface area contributed by atoms with Crippen molar-refractivity contribution in [2.24, 2.45) is 5.41 Å². The van der Waals surface area contributed by atoms with Gasteiger partial charge >= 0.3 is 0 Å². The Labute approximate surface area is 130 Å². The number of nitrogens with one attached hydrogen (secondary N) is 1. The third-order valence-electron chi connectivity index (χ3n) is 5.68. The molecule has 2 saturated carbocycles. The highest BCUT2D eigenvalue weighted by atomic mass is 16.5. The minimum atomic E-state index is 0.427. The van der Waals surface area contributed by atoms with Gasteiger partial charge in [0.15, 0.2) is 0 Å². The highest BCUT2D eigenvalue weighted by molar-refractivity contribution is 4.92. The number of fused-ring (bicyclic) bond motifs is 1. The molecule has 21 heavy (non-hydrogen) atoms. The van der Waals surface area contributed by atoms with Crippen molar-refractivity contribution in [2.45, 2.75) is 83.4 Å². The molecule has 122 valence electrons. The molecular weight excluding hydrogens is 260 g/mol. The van der Waals surface area contributed by atoms with Crippen molar-refractivity contribution in [3.63, 3.8) is 0 Å². The summed E-state index contributed by atoms with van der Waals surface area (Å²) in [6.07, 6.45) is 11.3. The van der Waals surface area contributed by atoms with E-state index in [-0.39, 0.29) is 0 Å². The van der Waals surface area contributed by atoms with Crippen LogP contribution in [0, 0.1) is 5.41 Å². The Morgan fingerprint density at radius 3 is 2.76 bits per heavy atom. The molecule has 3 heteroatoms. The molecule has 1 heterocycles. The van der Waals surface area contributed by atoms with Crippen LogP contribution < -0.4 is 5.32 Å². The van der Waals surface area contributed by atoms with Crippen LogP contribution in [0.2, 0.25) is 0 Å².